The molecule has 1 aromatic rings. The average molecular weight is 257 g/mol. The summed E-state index contributed by atoms with van der Waals surface area (Å²) >= 11 is 0. The van der Waals surface area contributed by atoms with Gasteiger partial charge in [0, 0.05) is 13.8 Å². The monoisotopic (exact) mass is 257 g/mol. The molecule has 0 N–H and O–H groups in total. The smallest absolute Gasteiger partial charge is 0.376 e. The van der Waals surface area contributed by atoms with Gasteiger partial charge in [0.25, 0.3) is 5.88 Å². The van der Waals surface area contributed by atoms with Gasteiger partial charge in [-0.25, -0.2) is 4.90 Å². The van der Waals surface area contributed by atoms with Crippen molar-refractivity contribution >= 4 is 29.3 Å². The predicted molar refractivity (Wildman–Crippen MR) is 55.9 cm³/mol. The number of carbonyl (C=O) groups is 2. The third-order valence-corrected chi connectivity index (χ3v) is 1.89. The summed E-state index contributed by atoms with van der Waals surface area (Å²) in [6, 6.07) is 0.536. The fourth-order valence-electron chi connectivity index (χ4n) is 1.25. The first kappa shape index (κ1) is 13.3. The molecule has 0 saturated carbocycles. The molecule has 96 valence electrons. The highest BCUT2D eigenvalue weighted by Gasteiger charge is 2.34. The summed E-state index contributed by atoms with van der Waals surface area (Å²) in [7, 11) is 0. The zero-order valence-electron chi connectivity index (χ0n) is 9.28. The van der Waals surface area contributed by atoms with Crippen molar-refractivity contribution in [2.45, 2.75) is 13.8 Å². The van der Waals surface area contributed by atoms with Gasteiger partial charge in [0.05, 0.1) is 4.92 Å². The van der Waals surface area contributed by atoms with Crippen LogP contribution >= 0.6 is 0 Å². The van der Waals surface area contributed by atoms with Crippen molar-refractivity contribution in [2.24, 2.45) is 0 Å². The van der Waals surface area contributed by atoms with Gasteiger partial charge in [-0.05, 0) is 0 Å². The van der Waals surface area contributed by atoms with E-state index < -0.39 is 39.1 Å². The Morgan fingerprint density at radius 1 is 1.17 bits per heavy atom. The van der Waals surface area contributed by atoms with Gasteiger partial charge in [0.15, 0.2) is 0 Å². The molecule has 0 aliphatic heterocycles. The summed E-state index contributed by atoms with van der Waals surface area (Å²) in [6.45, 7) is 1.94. The molecule has 1 aromatic heterocycles. The lowest BCUT2D eigenvalue weighted by atomic mass is 10.4. The first-order chi connectivity index (χ1) is 8.25. The van der Waals surface area contributed by atoms with E-state index in [0.717, 1.165) is 13.8 Å². The van der Waals surface area contributed by atoms with Gasteiger partial charge in [0.2, 0.25) is 11.8 Å². The van der Waals surface area contributed by atoms with Crippen LogP contribution in [0.3, 0.4) is 0 Å². The molecule has 0 unspecified atom stereocenters. The molecule has 0 aromatic carbocycles. The maximum Gasteiger partial charge on any atom is 0.442 e. The lowest BCUT2D eigenvalue weighted by Gasteiger charge is -2.11. The standard InChI is InChI=1S/C8H7N3O7/c1-4(12)9(5(2)13)8-6(10(14)15)3-7(18-8)11(16)17/h3H,1-2H3. The molecule has 0 saturated heterocycles. The molecule has 0 aliphatic carbocycles. The Morgan fingerprint density at radius 2 is 1.67 bits per heavy atom. The zero-order chi connectivity index (χ0) is 14.0. The fourth-order valence-corrected chi connectivity index (χ4v) is 1.25. The van der Waals surface area contributed by atoms with Gasteiger partial charge in [-0.2, -0.15) is 0 Å². The van der Waals surface area contributed by atoms with Gasteiger partial charge in [-0.1, -0.05) is 0 Å². The van der Waals surface area contributed by atoms with Crippen LogP contribution in [-0.2, 0) is 9.59 Å². The fraction of sp³-hybridized carbons (Fsp3) is 0.250. The molecule has 10 heteroatoms. The summed E-state index contributed by atoms with van der Waals surface area (Å²) < 4.78 is 4.57. The van der Waals surface area contributed by atoms with E-state index >= 15 is 0 Å². The highest BCUT2D eigenvalue weighted by Crippen LogP contribution is 2.35. The number of imide groups is 1. The molecule has 18 heavy (non-hydrogen) atoms. The van der Waals surface area contributed by atoms with E-state index in [1.165, 1.54) is 0 Å². The molecule has 1 rings (SSSR count). The lowest BCUT2D eigenvalue weighted by molar-refractivity contribution is -0.402. The summed E-state index contributed by atoms with van der Waals surface area (Å²) in [5.74, 6) is -3.40. The second-order valence-electron chi connectivity index (χ2n) is 3.16. The number of nitro groups is 2. The molecule has 1 heterocycles. The molecule has 2 amide bonds. The van der Waals surface area contributed by atoms with Crippen LogP contribution in [-0.4, -0.2) is 21.7 Å². The Kier molecular flexibility index (Phi) is 3.40. The third kappa shape index (κ3) is 2.31. The molecule has 0 aliphatic rings. The summed E-state index contributed by atoms with van der Waals surface area (Å²) in [6.07, 6.45) is 0. The summed E-state index contributed by atoms with van der Waals surface area (Å²) in [5.41, 5.74) is -0.827. The zero-order valence-corrected chi connectivity index (χ0v) is 9.28. The normalized spacial score (nSPS) is 9.89. The minimum Gasteiger partial charge on any atom is -0.376 e. The Morgan fingerprint density at radius 3 is 2.00 bits per heavy atom. The molecule has 0 fully saturated rings. The first-order valence-electron chi connectivity index (χ1n) is 4.49. The van der Waals surface area contributed by atoms with Crippen molar-refractivity contribution in [3.63, 3.8) is 0 Å². The molecule has 0 atom stereocenters. The highest BCUT2D eigenvalue weighted by molar-refractivity contribution is 6.13. The van der Waals surface area contributed by atoms with Crippen molar-refractivity contribution in [3.8, 4) is 0 Å². The van der Waals surface area contributed by atoms with E-state index in [4.69, 9.17) is 0 Å². The minimum atomic E-state index is -1.01. The van der Waals surface area contributed by atoms with E-state index in [-0.39, 0.29) is 0 Å². The second-order valence-corrected chi connectivity index (χ2v) is 3.16. The third-order valence-electron chi connectivity index (χ3n) is 1.89. The van der Waals surface area contributed by atoms with Crippen molar-refractivity contribution in [1.29, 1.82) is 0 Å². The second kappa shape index (κ2) is 4.61. The van der Waals surface area contributed by atoms with Crippen molar-refractivity contribution in [3.05, 3.63) is 26.3 Å². The Bertz CT molecular complexity index is 533. The number of furan rings is 1. The predicted octanol–water partition coefficient (Wildman–Crippen LogP) is 0.995. The first-order valence-corrected chi connectivity index (χ1v) is 4.49. The Labute approximate surface area is 99.1 Å². The maximum absolute atomic E-state index is 11.2. The van der Waals surface area contributed by atoms with Crippen molar-refractivity contribution in [2.75, 3.05) is 4.90 Å². The Balaban J connectivity index is 3.45. The van der Waals surface area contributed by atoms with Crippen LogP contribution in [0.5, 0.6) is 0 Å². The topological polar surface area (TPSA) is 137 Å². The van der Waals surface area contributed by atoms with Crippen LogP contribution in [0, 0.1) is 20.2 Å². The van der Waals surface area contributed by atoms with Gasteiger partial charge in [-0.3, -0.25) is 29.8 Å². The molecule has 0 spiro atoms. The van der Waals surface area contributed by atoms with Gasteiger partial charge >= 0.3 is 11.6 Å². The van der Waals surface area contributed by atoms with Crippen LogP contribution in [0.25, 0.3) is 0 Å². The molecule has 0 radical (unpaired) electrons. The van der Waals surface area contributed by atoms with Gasteiger partial charge in [-0.15, -0.1) is 0 Å². The SMILES string of the molecule is CC(=O)N(C(C)=O)c1oc([N+](=O)[O-])cc1[N+](=O)[O-]. The highest BCUT2D eigenvalue weighted by atomic mass is 16.7. The lowest BCUT2D eigenvalue weighted by Crippen LogP contribution is -2.33. The number of rotatable bonds is 3. The van der Waals surface area contributed by atoms with E-state index in [1.807, 2.05) is 0 Å². The van der Waals surface area contributed by atoms with Crippen molar-refractivity contribution in [1.82, 2.24) is 0 Å². The van der Waals surface area contributed by atoms with Gasteiger partial charge in [0.1, 0.15) is 11.0 Å². The number of hydrogen-bond donors (Lipinski definition) is 0. The molecule has 10 nitrogen and oxygen atoms in total. The number of carbonyl (C=O) groups excluding carboxylic acids is 2. The minimum absolute atomic E-state index is 0.352. The van der Waals surface area contributed by atoms with E-state index in [0.29, 0.717) is 11.0 Å². The van der Waals surface area contributed by atoms with E-state index in [2.05, 4.69) is 4.42 Å². The number of anilines is 1. The van der Waals surface area contributed by atoms with Crippen LogP contribution in [0.4, 0.5) is 17.5 Å². The molecular weight excluding hydrogens is 250 g/mol. The quantitative estimate of drug-likeness (QED) is 0.581. The average Bonchev–Trinajstić information content (AvgIpc) is 2.61. The van der Waals surface area contributed by atoms with Crippen LogP contribution < -0.4 is 4.90 Å². The maximum atomic E-state index is 11.2. The van der Waals surface area contributed by atoms with Crippen LogP contribution in [0.15, 0.2) is 10.5 Å². The van der Waals surface area contributed by atoms with Gasteiger partial charge < -0.3 is 4.42 Å². The molecule has 0 bridgehead atoms. The largest absolute Gasteiger partial charge is 0.442 e. The summed E-state index contributed by atoms with van der Waals surface area (Å²) in [5, 5.41) is 21.1. The summed E-state index contributed by atoms with van der Waals surface area (Å²) in [4.78, 5) is 41.9. The van der Waals surface area contributed by atoms with E-state index in [9.17, 15) is 29.8 Å². The Hall–Kier alpha value is -2.78. The van der Waals surface area contributed by atoms with Crippen LogP contribution in [0.1, 0.15) is 13.8 Å². The van der Waals surface area contributed by atoms with Crippen molar-refractivity contribution < 1.29 is 23.9 Å². The molecular formula is C8H7N3O7. The number of nitrogens with zero attached hydrogens (tertiary/aromatic N) is 3. The number of amides is 2. The van der Waals surface area contributed by atoms with E-state index in [1.54, 1.807) is 0 Å². The number of hydrogen-bond acceptors (Lipinski definition) is 7. The van der Waals surface area contributed by atoms with Crippen LogP contribution in [0.2, 0.25) is 0 Å².